The van der Waals surface area contributed by atoms with Gasteiger partial charge in [-0.05, 0) is 17.7 Å². The van der Waals surface area contributed by atoms with Gasteiger partial charge in [0, 0.05) is 26.2 Å². The Hall–Kier alpha value is -1.15. The fraction of sp³-hybridized carbons (Fsp3) is 0.571. The third-order valence-electron chi connectivity index (χ3n) is 3.34. The minimum Gasteiger partial charge on any atom is -0.493 e. The number of benzene rings is 1. The molecule has 5 nitrogen and oxygen atoms in total. The molecule has 1 fully saturated rings. The lowest BCUT2D eigenvalue weighted by atomic mass is 10.1. The Morgan fingerprint density at radius 1 is 1.41 bits per heavy atom. The van der Waals surface area contributed by atoms with E-state index < -0.39 is 6.61 Å². The van der Waals surface area contributed by atoms with E-state index in [1.807, 2.05) is 0 Å². The van der Waals surface area contributed by atoms with Gasteiger partial charge in [0.15, 0.2) is 11.5 Å². The normalized spacial score (nSPS) is 18.9. The molecular weight excluding hydrogens is 318 g/mol. The van der Waals surface area contributed by atoms with Gasteiger partial charge >= 0.3 is 6.61 Å². The van der Waals surface area contributed by atoms with Crippen molar-refractivity contribution < 1.29 is 23.0 Å². The van der Waals surface area contributed by atoms with E-state index in [1.165, 1.54) is 13.2 Å². The molecule has 1 aromatic rings. The lowest BCUT2D eigenvalue weighted by Crippen LogP contribution is -2.45. The van der Waals surface area contributed by atoms with Crippen LogP contribution in [0.3, 0.4) is 0 Å². The first-order valence-corrected chi connectivity index (χ1v) is 6.78. The van der Waals surface area contributed by atoms with Crippen molar-refractivity contribution in [3.63, 3.8) is 0 Å². The number of hydrogen-bond donors (Lipinski definition) is 1. The first-order chi connectivity index (χ1) is 10.1. The van der Waals surface area contributed by atoms with Gasteiger partial charge in [-0.2, -0.15) is 8.78 Å². The van der Waals surface area contributed by atoms with Crippen LogP contribution in [-0.2, 0) is 11.3 Å². The van der Waals surface area contributed by atoms with Gasteiger partial charge in [-0.15, -0.1) is 12.4 Å². The summed E-state index contributed by atoms with van der Waals surface area (Å²) in [5, 5.41) is 0. The molecule has 126 valence electrons. The number of alkyl halides is 2. The predicted octanol–water partition coefficient (Wildman–Crippen LogP) is 1.88. The fourth-order valence-corrected chi connectivity index (χ4v) is 2.33. The Bertz CT molecular complexity index is 466. The molecule has 0 radical (unpaired) electrons. The maximum absolute atomic E-state index is 12.3. The van der Waals surface area contributed by atoms with Gasteiger partial charge in [-0.1, -0.05) is 6.07 Å². The summed E-state index contributed by atoms with van der Waals surface area (Å²) in [5.74, 6) is 0.342. The van der Waals surface area contributed by atoms with Crippen LogP contribution in [-0.4, -0.2) is 51.0 Å². The molecule has 1 unspecified atom stereocenters. The largest absolute Gasteiger partial charge is 0.493 e. The second kappa shape index (κ2) is 9.09. The smallest absolute Gasteiger partial charge is 0.387 e. The third-order valence-corrected chi connectivity index (χ3v) is 3.34. The Balaban J connectivity index is 0.00000242. The van der Waals surface area contributed by atoms with E-state index in [1.54, 1.807) is 12.1 Å². The molecule has 22 heavy (non-hydrogen) atoms. The van der Waals surface area contributed by atoms with Crippen molar-refractivity contribution in [3.05, 3.63) is 23.8 Å². The van der Waals surface area contributed by atoms with Crippen LogP contribution in [0, 0.1) is 0 Å². The van der Waals surface area contributed by atoms with E-state index in [4.69, 9.17) is 15.2 Å². The van der Waals surface area contributed by atoms with Crippen molar-refractivity contribution in [1.82, 2.24) is 4.90 Å². The molecule has 0 aliphatic carbocycles. The molecule has 1 aliphatic rings. The maximum atomic E-state index is 12.3. The molecule has 0 aromatic heterocycles. The minimum absolute atomic E-state index is 0. The Morgan fingerprint density at radius 3 is 2.82 bits per heavy atom. The zero-order chi connectivity index (χ0) is 15.2. The number of morpholine rings is 1. The molecule has 1 saturated heterocycles. The molecule has 2 rings (SSSR count). The van der Waals surface area contributed by atoms with Crippen LogP contribution < -0.4 is 15.2 Å². The van der Waals surface area contributed by atoms with Crippen LogP contribution in [0.15, 0.2) is 18.2 Å². The van der Waals surface area contributed by atoms with Gasteiger partial charge < -0.3 is 19.9 Å². The van der Waals surface area contributed by atoms with Gasteiger partial charge in [0.25, 0.3) is 0 Å². The van der Waals surface area contributed by atoms with Crippen LogP contribution in [0.1, 0.15) is 5.56 Å². The van der Waals surface area contributed by atoms with Crippen LogP contribution >= 0.6 is 12.4 Å². The first-order valence-electron chi connectivity index (χ1n) is 6.78. The van der Waals surface area contributed by atoms with E-state index in [0.29, 0.717) is 25.4 Å². The summed E-state index contributed by atoms with van der Waals surface area (Å²) in [6.07, 6.45) is 0.0436. The van der Waals surface area contributed by atoms with E-state index in [2.05, 4.69) is 9.64 Å². The van der Waals surface area contributed by atoms with E-state index >= 15 is 0 Å². The summed E-state index contributed by atoms with van der Waals surface area (Å²) in [6.45, 7) is 0.522. The average Bonchev–Trinajstić information content (AvgIpc) is 2.48. The molecule has 1 heterocycles. The number of rotatable bonds is 6. The van der Waals surface area contributed by atoms with Crippen molar-refractivity contribution in [2.45, 2.75) is 19.3 Å². The van der Waals surface area contributed by atoms with E-state index in [0.717, 1.165) is 18.7 Å². The van der Waals surface area contributed by atoms with Gasteiger partial charge in [0.1, 0.15) is 0 Å². The Morgan fingerprint density at radius 2 is 2.18 bits per heavy atom. The monoisotopic (exact) mass is 338 g/mol. The molecule has 0 saturated carbocycles. The van der Waals surface area contributed by atoms with Gasteiger partial charge in [-0.25, -0.2) is 0 Å². The number of nitrogens with zero attached hydrogens (tertiary/aromatic N) is 1. The highest BCUT2D eigenvalue weighted by molar-refractivity contribution is 5.85. The second-order valence-electron chi connectivity index (χ2n) is 4.83. The topological polar surface area (TPSA) is 57.0 Å². The standard InChI is InChI=1S/C14H20F2N2O3.ClH/c1-19-13-6-10(2-3-12(13)21-14(15)16)8-18-4-5-20-11(7-17)9-18;/h2-3,6,11,14H,4-5,7-9,17H2,1H3;1H. The summed E-state index contributed by atoms with van der Waals surface area (Å²) in [4.78, 5) is 2.21. The van der Waals surface area contributed by atoms with Crippen LogP contribution in [0.5, 0.6) is 11.5 Å². The van der Waals surface area contributed by atoms with Crippen molar-refractivity contribution in [2.24, 2.45) is 5.73 Å². The lowest BCUT2D eigenvalue weighted by molar-refractivity contribution is -0.0512. The van der Waals surface area contributed by atoms with Crippen molar-refractivity contribution in [2.75, 3.05) is 33.4 Å². The summed E-state index contributed by atoms with van der Waals surface area (Å²) >= 11 is 0. The molecule has 0 bridgehead atoms. The second-order valence-corrected chi connectivity index (χ2v) is 4.83. The van der Waals surface area contributed by atoms with Gasteiger partial charge in [0.2, 0.25) is 0 Å². The lowest BCUT2D eigenvalue weighted by Gasteiger charge is -2.32. The highest BCUT2D eigenvalue weighted by atomic mass is 35.5. The molecule has 2 N–H and O–H groups in total. The van der Waals surface area contributed by atoms with Crippen molar-refractivity contribution >= 4 is 12.4 Å². The summed E-state index contributed by atoms with van der Waals surface area (Å²) in [5.41, 5.74) is 6.58. The van der Waals surface area contributed by atoms with Crippen LogP contribution in [0.4, 0.5) is 8.78 Å². The SMILES string of the molecule is COc1cc(CN2CCOC(CN)C2)ccc1OC(F)F.Cl. The average molecular weight is 339 g/mol. The third kappa shape index (κ3) is 5.24. The zero-order valence-corrected chi connectivity index (χ0v) is 13.2. The highest BCUT2D eigenvalue weighted by Crippen LogP contribution is 2.30. The number of ether oxygens (including phenoxy) is 3. The number of hydrogen-bond acceptors (Lipinski definition) is 5. The fourth-order valence-electron chi connectivity index (χ4n) is 2.33. The Labute approximate surface area is 134 Å². The van der Waals surface area contributed by atoms with Gasteiger partial charge in [0.05, 0.1) is 19.8 Å². The minimum atomic E-state index is -2.87. The molecular formula is C14H21ClF2N2O3. The summed E-state index contributed by atoms with van der Waals surface area (Å²) in [6, 6.07) is 4.97. The van der Waals surface area contributed by atoms with Crippen LogP contribution in [0.2, 0.25) is 0 Å². The van der Waals surface area contributed by atoms with Gasteiger partial charge in [-0.3, -0.25) is 4.90 Å². The van der Waals surface area contributed by atoms with Crippen molar-refractivity contribution in [1.29, 1.82) is 0 Å². The quantitative estimate of drug-likeness (QED) is 0.858. The van der Waals surface area contributed by atoms with Crippen LogP contribution in [0.25, 0.3) is 0 Å². The number of halogens is 3. The summed E-state index contributed by atoms with van der Waals surface area (Å²) in [7, 11) is 1.43. The first kappa shape index (κ1) is 18.9. The molecule has 8 heteroatoms. The molecule has 0 amide bonds. The van der Waals surface area contributed by atoms with E-state index in [-0.39, 0.29) is 24.3 Å². The molecule has 1 atom stereocenters. The highest BCUT2D eigenvalue weighted by Gasteiger charge is 2.20. The maximum Gasteiger partial charge on any atom is 0.387 e. The summed E-state index contributed by atoms with van der Waals surface area (Å²) < 4.78 is 39.6. The predicted molar refractivity (Wildman–Crippen MR) is 80.9 cm³/mol. The van der Waals surface area contributed by atoms with E-state index in [9.17, 15) is 8.78 Å². The molecule has 1 aliphatic heterocycles. The molecule has 1 aromatic carbocycles. The molecule has 0 spiro atoms. The van der Waals surface area contributed by atoms with Crippen molar-refractivity contribution in [3.8, 4) is 11.5 Å². The number of nitrogens with two attached hydrogens (primary N) is 1. The number of methoxy groups -OCH3 is 1. The zero-order valence-electron chi connectivity index (χ0n) is 12.3. The Kier molecular flexibility index (Phi) is 7.81.